The molecule has 1 N–H and O–H groups in total. The highest BCUT2D eigenvalue weighted by atomic mass is 35.5. The van der Waals surface area contributed by atoms with E-state index in [1.165, 1.54) is 0 Å². The van der Waals surface area contributed by atoms with E-state index in [9.17, 15) is 9.90 Å². The van der Waals surface area contributed by atoms with Crippen LogP contribution in [0.1, 0.15) is 22.2 Å². The first kappa shape index (κ1) is 19.4. The summed E-state index contributed by atoms with van der Waals surface area (Å²) in [5, 5.41) is 12.4. The summed E-state index contributed by atoms with van der Waals surface area (Å²) in [5.41, 5.74) is 0.729. The fourth-order valence-corrected chi connectivity index (χ4v) is 3.45. The first-order chi connectivity index (χ1) is 12.7. The van der Waals surface area contributed by atoms with Crippen molar-refractivity contribution in [2.75, 3.05) is 32.7 Å². The summed E-state index contributed by atoms with van der Waals surface area (Å²) in [7, 11) is 0. The minimum Gasteiger partial charge on any atom is -0.467 e. The summed E-state index contributed by atoms with van der Waals surface area (Å²) >= 11 is 0. The van der Waals surface area contributed by atoms with Crippen LogP contribution < -0.4 is 0 Å². The number of aliphatic hydroxyl groups excluding tert-OH is 1. The van der Waals surface area contributed by atoms with Gasteiger partial charge in [0.1, 0.15) is 11.9 Å². The van der Waals surface area contributed by atoms with Crippen LogP contribution in [0.3, 0.4) is 0 Å². The number of halogens is 1. The van der Waals surface area contributed by atoms with Gasteiger partial charge >= 0.3 is 0 Å². The zero-order valence-electron chi connectivity index (χ0n) is 15.0. The van der Waals surface area contributed by atoms with Crippen LogP contribution in [0.2, 0.25) is 0 Å². The van der Waals surface area contributed by atoms with Gasteiger partial charge in [0.2, 0.25) is 0 Å². The minimum atomic E-state index is -0.632. The van der Waals surface area contributed by atoms with Crippen LogP contribution in [-0.2, 0) is 0 Å². The molecule has 4 rings (SSSR count). The zero-order valence-corrected chi connectivity index (χ0v) is 15.8. The van der Waals surface area contributed by atoms with Gasteiger partial charge in [-0.1, -0.05) is 30.3 Å². The average molecular weight is 387 g/mol. The molecule has 0 spiro atoms. The van der Waals surface area contributed by atoms with Gasteiger partial charge in [-0.3, -0.25) is 9.69 Å². The molecule has 1 saturated heterocycles. The number of hydrogen-bond acceptors (Lipinski definition) is 4. The molecule has 1 aliphatic heterocycles. The Kier molecular flexibility index (Phi) is 6.16. The molecule has 1 aromatic heterocycles. The van der Waals surface area contributed by atoms with E-state index in [0.29, 0.717) is 25.4 Å². The molecule has 27 heavy (non-hydrogen) atoms. The van der Waals surface area contributed by atoms with Crippen molar-refractivity contribution in [3.63, 3.8) is 0 Å². The molecule has 1 fully saturated rings. The van der Waals surface area contributed by atoms with Crippen molar-refractivity contribution in [3.8, 4) is 0 Å². The van der Waals surface area contributed by atoms with Crippen LogP contribution >= 0.6 is 12.4 Å². The zero-order chi connectivity index (χ0) is 17.9. The Hall–Kier alpha value is -2.34. The van der Waals surface area contributed by atoms with Crippen molar-refractivity contribution in [1.82, 2.24) is 9.80 Å². The lowest BCUT2D eigenvalue weighted by Gasteiger charge is -2.35. The number of fused-ring (bicyclic) bond motifs is 1. The van der Waals surface area contributed by atoms with Crippen molar-refractivity contribution in [2.24, 2.45) is 0 Å². The number of carbonyl (C=O) groups excluding carboxylic acids is 1. The fraction of sp³-hybridized carbons (Fsp3) is 0.286. The van der Waals surface area contributed by atoms with Crippen LogP contribution in [0.15, 0.2) is 65.3 Å². The monoisotopic (exact) mass is 386 g/mol. The Morgan fingerprint density at radius 2 is 1.74 bits per heavy atom. The van der Waals surface area contributed by atoms with E-state index in [1.54, 1.807) is 18.4 Å². The molecule has 1 aliphatic rings. The average Bonchev–Trinajstić information content (AvgIpc) is 3.23. The van der Waals surface area contributed by atoms with Crippen molar-refractivity contribution in [1.29, 1.82) is 0 Å². The lowest BCUT2D eigenvalue weighted by molar-refractivity contribution is 0.0486. The van der Waals surface area contributed by atoms with E-state index in [1.807, 2.05) is 47.4 Å². The Bertz CT molecular complexity index is 889. The summed E-state index contributed by atoms with van der Waals surface area (Å²) < 4.78 is 5.25. The molecule has 3 aromatic rings. The maximum atomic E-state index is 12.8. The number of hydrogen-bond donors (Lipinski definition) is 1. The van der Waals surface area contributed by atoms with Gasteiger partial charge in [0.05, 0.1) is 6.26 Å². The molecular formula is C21H23ClN2O3. The van der Waals surface area contributed by atoms with Crippen LogP contribution in [0.4, 0.5) is 0 Å². The highest BCUT2D eigenvalue weighted by Gasteiger charge is 2.24. The third-order valence-corrected chi connectivity index (χ3v) is 4.96. The maximum absolute atomic E-state index is 12.8. The van der Waals surface area contributed by atoms with E-state index in [0.717, 1.165) is 29.4 Å². The van der Waals surface area contributed by atoms with Crippen molar-refractivity contribution >= 4 is 29.1 Å². The van der Waals surface area contributed by atoms with Crippen LogP contribution in [0.5, 0.6) is 0 Å². The van der Waals surface area contributed by atoms with Gasteiger partial charge in [0.15, 0.2) is 0 Å². The van der Waals surface area contributed by atoms with Gasteiger partial charge in [-0.15, -0.1) is 12.4 Å². The molecule has 1 unspecified atom stereocenters. The van der Waals surface area contributed by atoms with Crippen LogP contribution in [0, 0.1) is 0 Å². The van der Waals surface area contributed by atoms with Crippen molar-refractivity contribution in [3.05, 3.63) is 72.2 Å². The number of carbonyl (C=O) groups is 1. The van der Waals surface area contributed by atoms with Crippen LogP contribution in [-0.4, -0.2) is 53.5 Å². The summed E-state index contributed by atoms with van der Waals surface area (Å²) in [6.07, 6.45) is 0.936. The number of piperazine rings is 1. The molecule has 2 aromatic carbocycles. The third-order valence-electron chi connectivity index (χ3n) is 4.96. The smallest absolute Gasteiger partial charge is 0.253 e. The largest absolute Gasteiger partial charge is 0.467 e. The molecule has 0 aliphatic carbocycles. The number of aliphatic hydroxyl groups is 1. The van der Waals surface area contributed by atoms with E-state index in [4.69, 9.17) is 4.42 Å². The number of furan rings is 1. The standard InChI is InChI=1S/C21H22N2O3.ClH/c24-19(20-6-3-13-26-20)15-22-9-11-23(12-10-22)21(25)18-8-7-16-4-1-2-5-17(16)14-18;/h1-8,13-14,19,24H,9-12,15H2;1H. The second-order valence-corrected chi connectivity index (χ2v) is 6.69. The second-order valence-electron chi connectivity index (χ2n) is 6.69. The lowest BCUT2D eigenvalue weighted by Crippen LogP contribution is -2.49. The number of rotatable bonds is 4. The van der Waals surface area contributed by atoms with Gasteiger partial charge in [-0.25, -0.2) is 0 Å². The van der Waals surface area contributed by atoms with Gasteiger partial charge < -0.3 is 14.4 Å². The summed E-state index contributed by atoms with van der Waals surface area (Å²) in [4.78, 5) is 16.9. The third kappa shape index (κ3) is 4.33. The second kappa shape index (κ2) is 8.57. The van der Waals surface area contributed by atoms with E-state index < -0.39 is 6.10 Å². The first-order valence-corrected chi connectivity index (χ1v) is 8.92. The number of nitrogens with zero attached hydrogens (tertiary/aromatic N) is 2. The highest BCUT2D eigenvalue weighted by molar-refractivity contribution is 5.98. The minimum absolute atomic E-state index is 0. The summed E-state index contributed by atoms with van der Waals surface area (Å²) in [5.74, 6) is 0.654. The van der Waals surface area contributed by atoms with Gasteiger partial charge in [-0.05, 0) is 35.0 Å². The topological polar surface area (TPSA) is 56.9 Å². The van der Waals surface area contributed by atoms with Crippen molar-refractivity contribution in [2.45, 2.75) is 6.10 Å². The summed E-state index contributed by atoms with van der Waals surface area (Å²) in [6, 6.07) is 17.5. The molecule has 6 heteroatoms. The lowest BCUT2D eigenvalue weighted by atomic mass is 10.1. The van der Waals surface area contributed by atoms with Gasteiger partial charge in [0, 0.05) is 38.3 Å². The van der Waals surface area contributed by atoms with Gasteiger partial charge in [-0.2, -0.15) is 0 Å². The van der Waals surface area contributed by atoms with E-state index >= 15 is 0 Å². The molecule has 2 heterocycles. The SMILES string of the molecule is Cl.O=C(c1ccc2ccccc2c1)N1CCN(CC(O)c2ccco2)CC1. The fourth-order valence-electron chi connectivity index (χ4n) is 3.45. The molecule has 0 saturated carbocycles. The molecule has 142 valence electrons. The number of amides is 1. The molecule has 0 radical (unpaired) electrons. The molecule has 1 amide bonds. The Morgan fingerprint density at radius 1 is 1.00 bits per heavy atom. The van der Waals surface area contributed by atoms with Crippen LogP contribution in [0.25, 0.3) is 10.8 Å². The maximum Gasteiger partial charge on any atom is 0.253 e. The predicted molar refractivity (Wildman–Crippen MR) is 107 cm³/mol. The predicted octanol–water partition coefficient (Wildman–Crippen LogP) is 3.35. The Balaban J connectivity index is 0.00000210. The molecule has 5 nitrogen and oxygen atoms in total. The van der Waals surface area contributed by atoms with Gasteiger partial charge in [0.25, 0.3) is 5.91 Å². The quantitative estimate of drug-likeness (QED) is 0.747. The number of benzene rings is 2. The molecule has 0 bridgehead atoms. The summed E-state index contributed by atoms with van der Waals surface area (Å²) in [6.45, 7) is 3.34. The Morgan fingerprint density at radius 3 is 2.44 bits per heavy atom. The molecule has 1 atom stereocenters. The Labute approximate surface area is 164 Å². The highest BCUT2D eigenvalue weighted by Crippen LogP contribution is 2.19. The first-order valence-electron chi connectivity index (χ1n) is 8.92. The normalized spacial score (nSPS) is 16.1. The van der Waals surface area contributed by atoms with E-state index in [2.05, 4.69) is 4.90 Å². The van der Waals surface area contributed by atoms with Crippen molar-refractivity contribution < 1.29 is 14.3 Å². The number of β-amino-alcohol motifs (C(OH)–C–C–N with tert-alkyl or cyclic N) is 1. The van der Waals surface area contributed by atoms with E-state index in [-0.39, 0.29) is 18.3 Å². The molecular weight excluding hydrogens is 364 g/mol.